The van der Waals surface area contributed by atoms with Crippen molar-refractivity contribution in [2.24, 2.45) is 5.73 Å². The SMILES string of the molecule is CCn1nc2c(c1CN)CCC2. The predicted molar refractivity (Wildman–Crippen MR) is 47.8 cm³/mol. The van der Waals surface area contributed by atoms with E-state index in [-0.39, 0.29) is 0 Å². The van der Waals surface area contributed by atoms with Crippen molar-refractivity contribution in [3.05, 3.63) is 17.0 Å². The lowest BCUT2D eigenvalue weighted by atomic mass is 10.2. The molecule has 1 aliphatic rings. The molecule has 66 valence electrons. The largest absolute Gasteiger partial charge is 0.325 e. The summed E-state index contributed by atoms with van der Waals surface area (Å²) in [7, 11) is 0. The van der Waals surface area contributed by atoms with Crippen LogP contribution in [0.5, 0.6) is 0 Å². The van der Waals surface area contributed by atoms with Gasteiger partial charge < -0.3 is 5.73 Å². The summed E-state index contributed by atoms with van der Waals surface area (Å²) in [4.78, 5) is 0. The molecule has 0 amide bonds. The van der Waals surface area contributed by atoms with Crippen LogP contribution in [0.1, 0.15) is 30.3 Å². The Labute approximate surface area is 72.6 Å². The van der Waals surface area contributed by atoms with Crippen molar-refractivity contribution in [3.8, 4) is 0 Å². The fourth-order valence-corrected chi connectivity index (χ4v) is 2.00. The van der Waals surface area contributed by atoms with Crippen molar-refractivity contribution in [1.82, 2.24) is 9.78 Å². The van der Waals surface area contributed by atoms with Crippen LogP contribution >= 0.6 is 0 Å². The first kappa shape index (κ1) is 7.80. The molecule has 0 aliphatic heterocycles. The van der Waals surface area contributed by atoms with Gasteiger partial charge in [0.05, 0.1) is 11.4 Å². The topological polar surface area (TPSA) is 43.8 Å². The van der Waals surface area contributed by atoms with E-state index in [1.807, 2.05) is 4.68 Å². The Kier molecular flexibility index (Phi) is 1.89. The third kappa shape index (κ3) is 0.966. The first-order chi connectivity index (χ1) is 5.86. The fourth-order valence-electron chi connectivity index (χ4n) is 2.00. The second-order valence-electron chi connectivity index (χ2n) is 3.25. The van der Waals surface area contributed by atoms with E-state index in [1.54, 1.807) is 0 Å². The number of fused-ring (bicyclic) bond motifs is 1. The molecular weight excluding hydrogens is 150 g/mol. The molecule has 1 aromatic rings. The van der Waals surface area contributed by atoms with Crippen molar-refractivity contribution < 1.29 is 0 Å². The van der Waals surface area contributed by atoms with Crippen LogP contribution in [0, 0.1) is 0 Å². The molecule has 3 nitrogen and oxygen atoms in total. The lowest BCUT2D eigenvalue weighted by molar-refractivity contribution is 0.605. The molecule has 0 saturated carbocycles. The Bertz CT molecular complexity index is 288. The van der Waals surface area contributed by atoms with Crippen molar-refractivity contribution >= 4 is 0 Å². The van der Waals surface area contributed by atoms with Gasteiger partial charge in [-0.1, -0.05) is 0 Å². The number of rotatable bonds is 2. The summed E-state index contributed by atoms with van der Waals surface area (Å²) in [6, 6.07) is 0. The minimum absolute atomic E-state index is 0.635. The summed E-state index contributed by atoms with van der Waals surface area (Å²) in [6.45, 7) is 3.69. The zero-order valence-electron chi connectivity index (χ0n) is 7.51. The molecule has 0 saturated heterocycles. The highest BCUT2D eigenvalue weighted by Gasteiger charge is 2.19. The molecule has 0 spiro atoms. The van der Waals surface area contributed by atoms with Crippen LogP contribution in [0.4, 0.5) is 0 Å². The standard InChI is InChI=1S/C9H15N3/c1-2-12-9(6-10)7-4-3-5-8(7)11-12/h2-6,10H2,1H3. The third-order valence-electron chi connectivity index (χ3n) is 2.58. The average Bonchev–Trinajstić information content (AvgIpc) is 2.61. The van der Waals surface area contributed by atoms with Gasteiger partial charge in [0.1, 0.15) is 0 Å². The van der Waals surface area contributed by atoms with Gasteiger partial charge in [-0.3, -0.25) is 4.68 Å². The van der Waals surface area contributed by atoms with Crippen LogP contribution in [-0.4, -0.2) is 9.78 Å². The van der Waals surface area contributed by atoms with Crippen LogP contribution < -0.4 is 5.73 Å². The maximum Gasteiger partial charge on any atom is 0.0660 e. The van der Waals surface area contributed by atoms with Gasteiger partial charge in [0.2, 0.25) is 0 Å². The monoisotopic (exact) mass is 165 g/mol. The van der Waals surface area contributed by atoms with Gasteiger partial charge >= 0.3 is 0 Å². The van der Waals surface area contributed by atoms with Crippen molar-refractivity contribution in [1.29, 1.82) is 0 Å². The second-order valence-corrected chi connectivity index (χ2v) is 3.25. The zero-order chi connectivity index (χ0) is 8.55. The van der Waals surface area contributed by atoms with Gasteiger partial charge in [0, 0.05) is 13.1 Å². The highest BCUT2D eigenvalue weighted by atomic mass is 15.3. The van der Waals surface area contributed by atoms with Crippen LogP contribution in [0.2, 0.25) is 0 Å². The number of aromatic nitrogens is 2. The summed E-state index contributed by atoms with van der Waals surface area (Å²) < 4.78 is 2.05. The molecule has 1 aromatic heterocycles. The van der Waals surface area contributed by atoms with Crippen molar-refractivity contribution in [2.75, 3.05) is 0 Å². The molecule has 0 atom stereocenters. The van der Waals surface area contributed by atoms with Gasteiger partial charge in [-0.25, -0.2) is 0 Å². The number of hydrogen-bond donors (Lipinski definition) is 1. The summed E-state index contributed by atoms with van der Waals surface area (Å²) in [6.07, 6.45) is 3.59. The highest BCUT2D eigenvalue weighted by molar-refractivity contribution is 5.30. The van der Waals surface area contributed by atoms with E-state index in [0.29, 0.717) is 6.54 Å². The fraction of sp³-hybridized carbons (Fsp3) is 0.667. The molecule has 1 aliphatic carbocycles. The van der Waals surface area contributed by atoms with Crippen molar-refractivity contribution in [2.45, 2.75) is 39.3 Å². The Morgan fingerprint density at radius 1 is 1.50 bits per heavy atom. The summed E-state index contributed by atoms with van der Waals surface area (Å²) >= 11 is 0. The van der Waals surface area contributed by atoms with Gasteiger partial charge in [0.25, 0.3) is 0 Å². The molecule has 0 fully saturated rings. The summed E-state index contributed by atoms with van der Waals surface area (Å²) in [5, 5.41) is 4.52. The number of aryl methyl sites for hydroxylation is 2. The van der Waals surface area contributed by atoms with E-state index in [2.05, 4.69) is 12.0 Å². The highest BCUT2D eigenvalue weighted by Crippen LogP contribution is 2.24. The van der Waals surface area contributed by atoms with Gasteiger partial charge in [-0.2, -0.15) is 5.10 Å². The van der Waals surface area contributed by atoms with E-state index in [1.165, 1.54) is 29.8 Å². The Morgan fingerprint density at radius 3 is 3.00 bits per heavy atom. The maximum absolute atomic E-state index is 5.68. The quantitative estimate of drug-likeness (QED) is 0.706. The van der Waals surface area contributed by atoms with Crippen LogP contribution in [-0.2, 0) is 25.9 Å². The summed E-state index contributed by atoms with van der Waals surface area (Å²) in [5.74, 6) is 0. The zero-order valence-corrected chi connectivity index (χ0v) is 7.51. The molecule has 0 bridgehead atoms. The Hall–Kier alpha value is -0.830. The molecule has 2 N–H and O–H groups in total. The average molecular weight is 165 g/mol. The first-order valence-electron chi connectivity index (χ1n) is 4.64. The molecule has 1 heterocycles. The molecule has 0 aromatic carbocycles. The molecule has 2 rings (SSSR count). The van der Waals surface area contributed by atoms with Gasteiger partial charge in [0.15, 0.2) is 0 Å². The molecule has 0 unspecified atom stereocenters. The molecular formula is C9H15N3. The lowest BCUT2D eigenvalue weighted by Crippen LogP contribution is -2.09. The van der Waals surface area contributed by atoms with Crippen LogP contribution in [0.15, 0.2) is 0 Å². The summed E-state index contributed by atoms with van der Waals surface area (Å²) in [5.41, 5.74) is 9.66. The Morgan fingerprint density at radius 2 is 2.33 bits per heavy atom. The van der Waals surface area contributed by atoms with Gasteiger partial charge in [-0.05, 0) is 31.7 Å². The predicted octanol–water partition coefficient (Wildman–Crippen LogP) is 0.850. The number of nitrogens with zero attached hydrogens (tertiary/aromatic N) is 2. The minimum Gasteiger partial charge on any atom is -0.325 e. The van der Waals surface area contributed by atoms with E-state index in [0.717, 1.165) is 13.0 Å². The molecule has 12 heavy (non-hydrogen) atoms. The normalized spacial score (nSPS) is 15.2. The third-order valence-corrected chi connectivity index (χ3v) is 2.58. The lowest BCUT2D eigenvalue weighted by Gasteiger charge is -2.03. The second kappa shape index (κ2) is 2.90. The molecule has 0 radical (unpaired) electrons. The van der Waals surface area contributed by atoms with E-state index < -0.39 is 0 Å². The van der Waals surface area contributed by atoms with E-state index in [9.17, 15) is 0 Å². The minimum atomic E-state index is 0.635. The molecule has 3 heteroatoms. The van der Waals surface area contributed by atoms with Gasteiger partial charge in [-0.15, -0.1) is 0 Å². The van der Waals surface area contributed by atoms with E-state index >= 15 is 0 Å². The number of nitrogens with two attached hydrogens (primary N) is 1. The van der Waals surface area contributed by atoms with Crippen LogP contribution in [0.3, 0.4) is 0 Å². The van der Waals surface area contributed by atoms with Crippen LogP contribution in [0.25, 0.3) is 0 Å². The van der Waals surface area contributed by atoms with E-state index in [4.69, 9.17) is 5.73 Å². The first-order valence-corrected chi connectivity index (χ1v) is 4.64. The van der Waals surface area contributed by atoms with Crippen molar-refractivity contribution in [3.63, 3.8) is 0 Å². The number of hydrogen-bond acceptors (Lipinski definition) is 2. The smallest absolute Gasteiger partial charge is 0.0660 e. The Balaban J connectivity index is 2.46. The maximum atomic E-state index is 5.68.